The summed E-state index contributed by atoms with van der Waals surface area (Å²) < 4.78 is 10.0. The molecule has 0 bridgehead atoms. The Balaban J connectivity index is 2.09. The summed E-state index contributed by atoms with van der Waals surface area (Å²) in [5.41, 5.74) is -0.592. The van der Waals surface area contributed by atoms with Crippen molar-refractivity contribution in [1.82, 2.24) is 4.98 Å². The number of pyridine rings is 1. The lowest BCUT2D eigenvalue weighted by atomic mass is 9.97. The first kappa shape index (κ1) is 13.8. The fourth-order valence-electron chi connectivity index (χ4n) is 2.06. The van der Waals surface area contributed by atoms with Crippen LogP contribution in [0.3, 0.4) is 0 Å². The predicted octanol–water partition coefficient (Wildman–Crippen LogP) is 0.820. The van der Waals surface area contributed by atoms with Gasteiger partial charge in [0.2, 0.25) is 0 Å². The van der Waals surface area contributed by atoms with Gasteiger partial charge in [0.15, 0.2) is 0 Å². The quantitative estimate of drug-likeness (QED) is 0.785. The predicted molar refractivity (Wildman–Crippen MR) is 69.0 cm³/mol. The zero-order valence-electron chi connectivity index (χ0n) is 11.0. The summed E-state index contributed by atoms with van der Waals surface area (Å²) in [6, 6.07) is 3.28. The van der Waals surface area contributed by atoms with E-state index < -0.39 is 11.6 Å². The molecule has 19 heavy (non-hydrogen) atoms. The first-order chi connectivity index (χ1) is 9.07. The number of hydrogen-bond acceptors (Lipinski definition) is 6. The normalized spacial score (nSPS) is 26.2. The topological polar surface area (TPSA) is 80.7 Å². The average molecular weight is 266 g/mol. The van der Waals surface area contributed by atoms with Crippen molar-refractivity contribution in [2.24, 2.45) is 0 Å². The molecule has 0 saturated carbocycles. The average Bonchev–Trinajstić information content (AvgIpc) is 2.76. The summed E-state index contributed by atoms with van der Waals surface area (Å²) >= 11 is 0. The monoisotopic (exact) mass is 266 g/mol. The van der Waals surface area contributed by atoms with Gasteiger partial charge in [-0.1, -0.05) is 0 Å². The highest BCUT2D eigenvalue weighted by atomic mass is 16.5. The Morgan fingerprint density at radius 3 is 3.16 bits per heavy atom. The van der Waals surface area contributed by atoms with E-state index >= 15 is 0 Å². The fourth-order valence-corrected chi connectivity index (χ4v) is 2.06. The summed E-state index contributed by atoms with van der Waals surface area (Å²) in [6.45, 7) is 2.63. The van der Waals surface area contributed by atoms with Crippen molar-refractivity contribution >= 4 is 11.8 Å². The Bertz CT molecular complexity index is 466. The molecule has 0 spiro atoms. The number of aliphatic hydroxyl groups is 1. The SMILES string of the molecule is COC(=O)c1cccnc1NCC1(O)CCOC1C. The number of carbonyl (C=O) groups is 1. The number of methoxy groups -OCH3 is 1. The van der Waals surface area contributed by atoms with Crippen molar-refractivity contribution in [2.75, 3.05) is 25.6 Å². The number of nitrogens with one attached hydrogen (secondary N) is 1. The van der Waals surface area contributed by atoms with Gasteiger partial charge < -0.3 is 19.9 Å². The van der Waals surface area contributed by atoms with Crippen LogP contribution in [0.15, 0.2) is 18.3 Å². The summed E-state index contributed by atoms with van der Waals surface area (Å²) in [5.74, 6) is -0.0554. The summed E-state index contributed by atoms with van der Waals surface area (Å²) in [5, 5.41) is 13.4. The van der Waals surface area contributed by atoms with E-state index in [0.717, 1.165) is 0 Å². The Hall–Kier alpha value is -1.66. The molecule has 2 atom stereocenters. The zero-order chi connectivity index (χ0) is 13.9. The molecule has 2 rings (SSSR count). The fraction of sp³-hybridized carbons (Fsp3) is 0.538. The lowest BCUT2D eigenvalue weighted by Crippen LogP contribution is -2.43. The second-order valence-corrected chi connectivity index (χ2v) is 4.61. The largest absolute Gasteiger partial charge is 0.465 e. The first-order valence-corrected chi connectivity index (χ1v) is 6.18. The van der Waals surface area contributed by atoms with Gasteiger partial charge in [0.1, 0.15) is 17.0 Å². The second kappa shape index (κ2) is 5.54. The molecule has 0 radical (unpaired) electrons. The molecule has 2 heterocycles. The molecule has 1 aromatic heterocycles. The lowest BCUT2D eigenvalue weighted by Gasteiger charge is -2.26. The van der Waals surface area contributed by atoms with Crippen LogP contribution in [-0.4, -0.2) is 48.0 Å². The highest BCUT2D eigenvalue weighted by Crippen LogP contribution is 2.26. The third-order valence-corrected chi connectivity index (χ3v) is 3.43. The maximum absolute atomic E-state index is 11.6. The molecule has 1 aliphatic rings. The van der Waals surface area contributed by atoms with Crippen LogP contribution in [-0.2, 0) is 9.47 Å². The number of esters is 1. The third kappa shape index (κ3) is 2.85. The molecule has 1 saturated heterocycles. The molecule has 6 heteroatoms. The third-order valence-electron chi connectivity index (χ3n) is 3.43. The van der Waals surface area contributed by atoms with Crippen LogP contribution in [0, 0.1) is 0 Å². The molecule has 104 valence electrons. The van der Waals surface area contributed by atoms with Crippen LogP contribution in [0.5, 0.6) is 0 Å². The minimum absolute atomic E-state index is 0.245. The minimum atomic E-state index is -0.940. The standard InChI is InChI=1S/C13H18N2O4/c1-9-13(17,5-7-19-9)8-15-11-10(12(16)18-2)4-3-6-14-11/h3-4,6,9,17H,5,7-8H2,1-2H3,(H,14,15). The summed E-state index contributed by atoms with van der Waals surface area (Å²) in [7, 11) is 1.32. The van der Waals surface area contributed by atoms with Gasteiger partial charge in [-0.2, -0.15) is 0 Å². The number of nitrogens with zero attached hydrogens (tertiary/aromatic N) is 1. The number of ether oxygens (including phenoxy) is 2. The van der Waals surface area contributed by atoms with Gasteiger partial charge in [0.25, 0.3) is 0 Å². The molecular weight excluding hydrogens is 248 g/mol. The highest BCUT2D eigenvalue weighted by molar-refractivity contribution is 5.94. The van der Waals surface area contributed by atoms with Gasteiger partial charge in [-0.15, -0.1) is 0 Å². The van der Waals surface area contributed by atoms with E-state index in [1.165, 1.54) is 7.11 Å². The van der Waals surface area contributed by atoms with Crippen molar-refractivity contribution in [3.05, 3.63) is 23.9 Å². The van der Waals surface area contributed by atoms with Crippen LogP contribution in [0.2, 0.25) is 0 Å². The van der Waals surface area contributed by atoms with Crippen LogP contribution in [0.1, 0.15) is 23.7 Å². The smallest absolute Gasteiger partial charge is 0.341 e. The van der Waals surface area contributed by atoms with E-state index in [4.69, 9.17) is 4.74 Å². The Kier molecular flexibility index (Phi) is 4.01. The lowest BCUT2D eigenvalue weighted by molar-refractivity contribution is -0.0176. The van der Waals surface area contributed by atoms with Gasteiger partial charge in [-0.3, -0.25) is 0 Å². The number of carbonyl (C=O) groups excluding carboxylic acids is 1. The maximum atomic E-state index is 11.6. The zero-order valence-corrected chi connectivity index (χ0v) is 11.0. The van der Waals surface area contributed by atoms with Gasteiger partial charge in [0, 0.05) is 25.8 Å². The van der Waals surface area contributed by atoms with Crippen molar-refractivity contribution in [3.63, 3.8) is 0 Å². The van der Waals surface area contributed by atoms with Crippen molar-refractivity contribution in [1.29, 1.82) is 0 Å². The van der Waals surface area contributed by atoms with Gasteiger partial charge >= 0.3 is 5.97 Å². The minimum Gasteiger partial charge on any atom is -0.465 e. The maximum Gasteiger partial charge on any atom is 0.341 e. The van der Waals surface area contributed by atoms with Crippen LogP contribution in [0.4, 0.5) is 5.82 Å². The highest BCUT2D eigenvalue weighted by Gasteiger charge is 2.39. The first-order valence-electron chi connectivity index (χ1n) is 6.18. The van der Waals surface area contributed by atoms with E-state index in [9.17, 15) is 9.90 Å². The van der Waals surface area contributed by atoms with Crippen LogP contribution < -0.4 is 5.32 Å². The van der Waals surface area contributed by atoms with Crippen molar-refractivity contribution in [2.45, 2.75) is 25.0 Å². The Morgan fingerprint density at radius 2 is 2.53 bits per heavy atom. The molecule has 2 N–H and O–H groups in total. The van der Waals surface area contributed by atoms with E-state index in [2.05, 4.69) is 15.0 Å². The van der Waals surface area contributed by atoms with Crippen LogP contribution in [0.25, 0.3) is 0 Å². The molecule has 1 aromatic rings. The second-order valence-electron chi connectivity index (χ2n) is 4.61. The van der Waals surface area contributed by atoms with Crippen molar-refractivity contribution in [3.8, 4) is 0 Å². The molecular formula is C13H18N2O4. The number of rotatable bonds is 4. The number of hydrogen-bond donors (Lipinski definition) is 2. The summed E-state index contributed by atoms with van der Waals surface area (Å²) in [4.78, 5) is 15.7. The number of anilines is 1. The van der Waals surface area contributed by atoms with E-state index in [0.29, 0.717) is 24.4 Å². The Labute approximate surface area is 111 Å². The molecule has 6 nitrogen and oxygen atoms in total. The van der Waals surface area contributed by atoms with Crippen LogP contribution >= 0.6 is 0 Å². The summed E-state index contributed by atoms with van der Waals surface area (Å²) in [6.07, 6.45) is 1.89. The van der Waals surface area contributed by atoms with Gasteiger partial charge in [-0.05, 0) is 19.1 Å². The van der Waals surface area contributed by atoms with Gasteiger partial charge in [0.05, 0.1) is 13.2 Å². The molecule has 0 aromatic carbocycles. The number of aromatic nitrogens is 1. The molecule has 1 aliphatic heterocycles. The molecule has 2 unspecified atom stereocenters. The molecule has 0 amide bonds. The van der Waals surface area contributed by atoms with Gasteiger partial charge in [-0.25, -0.2) is 9.78 Å². The van der Waals surface area contributed by atoms with E-state index in [1.54, 1.807) is 18.3 Å². The molecule has 0 aliphatic carbocycles. The van der Waals surface area contributed by atoms with Crippen molar-refractivity contribution < 1.29 is 19.4 Å². The van der Waals surface area contributed by atoms with E-state index in [-0.39, 0.29) is 12.6 Å². The van der Waals surface area contributed by atoms with E-state index in [1.807, 2.05) is 6.92 Å². The Morgan fingerprint density at radius 1 is 1.74 bits per heavy atom. The molecule has 1 fully saturated rings.